The first-order valence-electron chi connectivity index (χ1n) is 6.65. The first-order chi connectivity index (χ1) is 9.90. The molecule has 3 N–H and O–H groups in total. The van der Waals surface area contributed by atoms with Gasteiger partial charge in [0.25, 0.3) is 0 Å². The Morgan fingerprint density at radius 2 is 2.10 bits per heavy atom. The van der Waals surface area contributed by atoms with Crippen LogP contribution in [0.4, 0.5) is 10.5 Å². The van der Waals surface area contributed by atoms with Crippen molar-refractivity contribution in [3.63, 3.8) is 0 Å². The zero-order chi connectivity index (χ0) is 15.6. The topological polar surface area (TPSA) is 89.9 Å². The summed E-state index contributed by atoms with van der Waals surface area (Å²) in [4.78, 5) is 24.8. The lowest BCUT2D eigenvalue weighted by Crippen LogP contribution is -2.49. The van der Waals surface area contributed by atoms with E-state index in [1.807, 2.05) is 18.7 Å². The second kappa shape index (κ2) is 6.26. The molecule has 0 radical (unpaired) electrons. The number of carbonyl (C=O) groups excluding carboxylic acids is 1. The van der Waals surface area contributed by atoms with Crippen molar-refractivity contribution in [3.8, 4) is 5.75 Å². The van der Waals surface area contributed by atoms with Crippen LogP contribution in [-0.4, -0.2) is 50.7 Å². The fraction of sp³-hybridized carbons (Fsp3) is 0.429. The number of phenols is 1. The van der Waals surface area contributed by atoms with Gasteiger partial charge in [0.05, 0.1) is 0 Å². The number of nitrogens with zero attached hydrogens (tertiary/aromatic N) is 1. The number of benzene rings is 1. The van der Waals surface area contributed by atoms with Gasteiger partial charge in [0.1, 0.15) is 11.3 Å². The largest absolute Gasteiger partial charge is 0.507 e. The molecule has 6 nitrogen and oxygen atoms in total. The van der Waals surface area contributed by atoms with Crippen LogP contribution < -0.4 is 5.32 Å². The summed E-state index contributed by atoms with van der Waals surface area (Å²) in [5.74, 6) is -0.681. The van der Waals surface area contributed by atoms with Gasteiger partial charge in [-0.15, -0.1) is 0 Å². The molecule has 2 unspecified atom stereocenters. The van der Waals surface area contributed by atoms with Gasteiger partial charge >= 0.3 is 12.0 Å². The first-order valence-corrected chi connectivity index (χ1v) is 7.70. The van der Waals surface area contributed by atoms with Gasteiger partial charge in [-0.2, -0.15) is 11.8 Å². The maximum absolute atomic E-state index is 12.3. The van der Waals surface area contributed by atoms with Gasteiger partial charge in [0.15, 0.2) is 0 Å². The van der Waals surface area contributed by atoms with E-state index < -0.39 is 5.97 Å². The monoisotopic (exact) mass is 310 g/mol. The van der Waals surface area contributed by atoms with E-state index in [9.17, 15) is 14.7 Å². The molecule has 7 heteroatoms. The summed E-state index contributed by atoms with van der Waals surface area (Å²) in [6, 6.07) is 3.86. The third kappa shape index (κ3) is 3.41. The second-order valence-corrected chi connectivity index (χ2v) is 6.46. The van der Waals surface area contributed by atoms with E-state index in [4.69, 9.17) is 5.11 Å². The number of aromatic carboxylic acids is 1. The fourth-order valence-electron chi connectivity index (χ4n) is 2.21. The van der Waals surface area contributed by atoms with Gasteiger partial charge in [0.2, 0.25) is 0 Å². The molecule has 2 rings (SSSR count). The van der Waals surface area contributed by atoms with Crippen molar-refractivity contribution < 1.29 is 19.8 Å². The normalized spacial score (nSPS) is 21.9. The van der Waals surface area contributed by atoms with Gasteiger partial charge < -0.3 is 20.4 Å². The number of aromatic hydroxyl groups is 1. The van der Waals surface area contributed by atoms with Crippen molar-refractivity contribution in [2.24, 2.45) is 0 Å². The number of urea groups is 1. The summed E-state index contributed by atoms with van der Waals surface area (Å²) in [5, 5.41) is 21.5. The van der Waals surface area contributed by atoms with Crippen LogP contribution in [0.15, 0.2) is 18.2 Å². The molecule has 0 aromatic heterocycles. The average Bonchev–Trinajstić information content (AvgIpc) is 2.41. The summed E-state index contributed by atoms with van der Waals surface area (Å²) in [5.41, 5.74) is 0.185. The van der Waals surface area contributed by atoms with E-state index in [-0.39, 0.29) is 23.4 Å². The van der Waals surface area contributed by atoms with E-state index in [1.54, 1.807) is 4.90 Å². The van der Waals surface area contributed by atoms with Crippen LogP contribution in [0.25, 0.3) is 0 Å². The van der Waals surface area contributed by atoms with Crippen molar-refractivity contribution in [1.29, 1.82) is 0 Å². The lowest BCUT2D eigenvalue weighted by Gasteiger charge is -2.37. The molecule has 0 aliphatic carbocycles. The molecule has 114 valence electrons. The van der Waals surface area contributed by atoms with E-state index >= 15 is 0 Å². The molecular weight excluding hydrogens is 292 g/mol. The predicted molar refractivity (Wildman–Crippen MR) is 82.2 cm³/mol. The van der Waals surface area contributed by atoms with Crippen molar-refractivity contribution in [3.05, 3.63) is 23.8 Å². The number of amides is 2. The van der Waals surface area contributed by atoms with Crippen LogP contribution in [0.2, 0.25) is 0 Å². The molecule has 1 aliphatic rings. The minimum absolute atomic E-state index is 0.121. The maximum Gasteiger partial charge on any atom is 0.339 e. The molecule has 1 heterocycles. The minimum Gasteiger partial charge on any atom is -0.507 e. The highest BCUT2D eigenvalue weighted by atomic mass is 32.2. The number of nitrogens with one attached hydrogen (secondary N) is 1. The molecule has 1 fully saturated rings. The Bertz CT molecular complexity index is 564. The molecule has 1 saturated heterocycles. The number of carboxylic acid groups (broad SMARTS) is 1. The molecule has 2 amide bonds. The van der Waals surface area contributed by atoms with Gasteiger partial charge in [-0.3, -0.25) is 0 Å². The van der Waals surface area contributed by atoms with Crippen molar-refractivity contribution >= 4 is 29.4 Å². The van der Waals surface area contributed by atoms with Crippen LogP contribution in [0.1, 0.15) is 24.2 Å². The first kappa shape index (κ1) is 15.5. The highest BCUT2D eigenvalue weighted by molar-refractivity contribution is 8.00. The number of carboxylic acids is 1. The van der Waals surface area contributed by atoms with Crippen LogP contribution in [0.3, 0.4) is 0 Å². The van der Waals surface area contributed by atoms with Crippen molar-refractivity contribution in [1.82, 2.24) is 4.90 Å². The number of thioether (sulfide) groups is 1. The van der Waals surface area contributed by atoms with Crippen molar-refractivity contribution in [2.45, 2.75) is 25.1 Å². The summed E-state index contributed by atoms with van der Waals surface area (Å²) < 4.78 is 0. The number of hydrogen-bond acceptors (Lipinski definition) is 4. The average molecular weight is 310 g/mol. The van der Waals surface area contributed by atoms with Gasteiger partial charge in [-0.1, -0.05) is 6.92 Å². The van der Waals surface area contributed by atoms with E-state index in [0.29, 0.717) is 17.5 Å². The number of anilines is 1. The Balaban J connectivity index is 2.09. The Morgan fingerprint density at radius 3 is 2.71 bits per heavy atom. The highest BCUT2D eigenvalue weighted by Gasteiger charge is 2.28. The quantitative estimate of drug-likeness (QED) is 0.780. The van der Waals surface area contributed by atoms with Crippen LogP contribution in [0, 0.1) is 0 Å². The van der Waals surface area contributed by atoms with Gasteiger partial charge in [-0.25, -0.2) is 9.59 Å². The molecule has 2 atom stereocenters. The van der Waals surface area contributed by atoms with E-state index in [2.05, 4.69) is 12.2 Å². The summed E-state index contributed by atoms with van der Waals surface area (Å²) >= 11 is 1.83. The third-order valence-electron chi connectivity index (χ3n) is 3.62. The molecule has 21 heavy (non-hydrogen) atoms. The number of rotatable bonds is 2. The van der Waals surface area contributed by atoms with Crippen LogP contribution in [0.5, 0.6) is 5.75 Å². The Kier molecular flexibility index (Phi) is 4.62. The zero-order valence-electron chi connectivity index (χ0n) is 11.9. The van der Waals surface area contributed by atoms with Crippen LogP contribution >= 0.6 is 11.8 Å². The molecule has 0 bridgehead atoms. The number of hydrogen-bond donors (Lipinski definition) is 3. The third-order valence-corrected chi connectivity index (χ3v) is 4.96. The highest BCUT2D eigenvalue weighted by Crippen LogP contribution is 2.26. The second-order valence-electron chi connectivity index (χ2n) is 4.98. The van der Waals surface area contributed by atoms with E-state index in [1.165, 1.54) is 18.2 Å². The van der Waals surface area contributed by atoms with Gasteiger partial charge in [-0.05, 0) is 19.1 Å². The molecule has 1 aliphatic heterocycles. The van der Waals surface area contributed by atoms with E-state index in [0.717, 1.165) is 5.75 Å². The fourth-order valence-corrected chi connectivity index (χ4v) is 3.30. The molecular formula is C14H18N2O4S. The molecule has 1 aromatic carbocycles. The Hall–Kier alpha value is -1.89. The number of carbonyl (C=O) groups is 2. The summed E-state index contributed by atoms with van der Waals surface area (Å²) in [6.45, 7) is 4.75. The Labute approximate surface area is 127 Å². The standard InChI is InChI=1S/C14H18N2O4S/c1-8-9(2)21-6-5-16(8)14(20)15-10-3-4-11(13(18)19)12(17)7-10/h3-4,7-9,17H,5-6H2,1-2H3,(H,15,20)(H,18,19). The molecule has 1 aromatic rings. The van der Waals surface area contributed by atoms with Gasteiger partial charge in [0, 0.05) is 35.3 Å². The zero-order valence-corrected chi connectivity index (χ0v) is 12.7. The van der Waals surface area contributed by atoms with Crippen LogP contribution in [-0.2, 0) is 0 Å². The minimum atomic E-state index is -1.21. The smallest absolute Gasteiger partial charge is 0.339 e. The lowest BCUT2D eigenvalue weighted by atomic mass is 10.2. The van der Waals surface area contributed by atoms with Crippen molar-refractivity contribution in [2.75, 3.05) is 17.6 Å². The Morgan fingerprint density at radius 1 is 1.38 bits per heavy atom. The summed E-state index contributed by atoms with van der Waals surface area (Å²) in [7, 11) is 0. The molecule has 0 saturated carbocycles. The molecule has 0 spiro atoms. The lowest BCUT2D eigenvalue weighted by molar-refractivity contribution is 0.0694. The summed E-state index contributed by atoms with van der Waals surface area (Å²) in [6.07, 6.45) is 0. The predicted octanol–water partition coefficient (Wildman–Crippen LogP) is 2.45. The maximum atomic E-state index is 12.3. The SMILES string of the molecule is CC1SCCN(C(=O)Nc2ccc(C(=O)O)c(O)c2)C1C.